The maximum absolute atomic E-state index is 4.81. The molecular formula is C20H16N2S4. The van der Waals surface area contributed by atoms with Crippen LogP contribution in [-0.4, -0.2) is 22.5 Å². The SMILES string of the molecule is CSc1ccc2cccc(SSc3cccc4ccc(SC)nc34)c2n1. The van der Waals surface area contributed by atoms with Crippen LogP contribution in [0.1, 0.15) is 0 Å². The van der Waals surface area contributed by atoms with Crippen molar-refractivity contribution in [2.45, 2.75) is 19.8 Å². The van der Waals surface area contributed by atoms with Crippen molar-refractivity contribution < 1.29 is 0 Å². The Balaban J connectivity index is 1.69. The van der Waals surface area contributed by atoms with Gasteiger partial charge in [-0.1, -0.05) is 58.0 Å². The second-order valence-corrected chi connectivity index (χ2v) is 9.40. The molecule has 0 radical (unpaired) electrons. The quantitative estimate of drug-likeness (QED) is 0.258. The zero-order chi connectivity index (χ0) is 17.9. The van der Waals surface area contributed by atoms with Gasteiger partial charge in [-0.25, -0.2) is 9.97 Å². The summed E-state index contributed by atoms with van der Waals surface area (Å²) in [6, 6.07) is 21.2. The van der Waals surface area contributed by atoms with Crippen LogP contribution in [0.2, 0.25) is 0 Å². The molecule has 0 amide bonds. The molecule has 0 fully saturated rings. The lowest BCUT2D eigenvalue weighted by atomic mass is 10.2. The standard InChI is InChI=1S/C20H16N2S4/c1-23-17-11-9-13-5-3-7-15(19(13)21-17)25-26-16-8-4-6-14-10-12-18(24-2)22-20(14)16/h3-12H,1-2H3. The smallest absolute Gasteiger partial charge is 0.0965 e. The van der Waals surface area contributed by atoms with Crippen molar-refractivity contribution in [3.63, 3.8) is 0 Å². The topological polar surface area (TPSA) is 25.8 Å². The number of hydrogen-bond acceptors (Lipinski definition) is 6. The number of rotatable bonds is 5. The number of aromatic nitrogens is 2. The van der Waals surface area contributed by atoms with E-state index in [0.717, 1.165) is 21.1 Å². The minimum absolute atomic E-state index is 1.05. The van der Waals surface area contributed by atoms with Crippen molar-refractivity contribution in [1.29, 1.82) is 0 Å². The Morgan fingerprint density at radius 1 is 0.577 bits per heavy atom. The summed E-state index contributed by atoms with van der Waals surface area (Å²) in [7, 11) is 3.50. The average molecular weight is 413 g/mol. The molecule has 0 aliphatic heterocycles. The first-order chi connectivity index (χ1) is 12.8. The van der Waals surface area contributed by atoms with Crippen molar-refractivity contribution in [2.75, 3.05) is 12.5 Å². The molecule has 2 nitrogen and oxygen atoms in total. The molecule has 26 heavy (non-hydrogen) atoms. The first kappa shape index (κ1) is 18.0. The fourth-order valence-corrected chi connectivity index (χ4v) is 5.71. The molecule has 0 unspecified atom stereocenters. The Bertz CT molecular complexity index is 994. The Morgan fingerprint density at radius 3 is 1.46 bits per heavy atom. The zero-order valence-corrected chi connectivity index (χ0v) is 17.6. The molecule has 0 saturated heterocycles. The summed E-state index contributed by atoms with van der Waals surface area (Å²) in [5.74, 6) is 0. The molecule has 2 aromatic carbocycles. The van der Waals surface area contributed by atoms with Gasteiger partial charge in [-0.2, -0.15) is 0 Å². The van der Waals surface area contributed by atoms with Gasteiger partial charge in [0.15, 0.2) is 0 Å². The van der Waals surface area contributed by atoms with Crippen LogP contribution in [0.4, 0.5) is 0 Å². The lowest BCUT2D eigenvalue weighted by Gasteiger charge is -2.08. The molecule has 0 atom stereocenters. The number of nitrogens with zero attached hydrogens (tertiary/aromatic N) is 2. The van der Waals surface area contributed by atoms with Gasteiger partial charge in [-0.3, -0.25) is 0 Å². The normalized spacial score (nSPS) is 11.3. The van der Waals surface area contributed by atoms with Crippen LogP contribution in [0.15, 0.2) is 80.5 Å². The van der Waals surface area contributed by atoms with E-state index in [1.807, 2.05) is 0 Å². The van der Waals surface area contributed by atoms with Gasteiger partial charge < -0.3 is 0 Å². The highest BCUT2D eigenvalue weighted by Gasteiger charge is 2.09. The van der Waals surface area contributed by atoms with Crippen LogP contribution in [0, 0.1) is 0 Å². The molecule has 2 aromatic heterocycles. The van der Waals surface area contributed by atoms with E-state index in [-0.39, 0.29) is 0 Å². The molecule has 6 heteroatoms. The molecule has 4 aromatic rings. The van der Waals surface area contributed by atoms with Gasteiger partial charge in [0.1, 0.15) is 0 Å². The highest BCUT2D eigenvalue weighted by molar-refractivity contribution is 8.76. The minimum Gasteiger partial charge on any atom is -0.240 e. The van der Waals surface area contributed by atoms with E-state index in [0.29, 0.717) is 0 Å². The largest absolute Gasteiger partial charge is 0.240 e. The molecule has 0 N–H and O–H groups in total. The van der Waals surface area contributed by atoms with E-state index < -0.39 is 0 Å². The Morgan fingerprint density at radius 2 is 1.04 bits per heavy atom. The van der Waals surface area contributed by atoms with Crippen LogP contribution in [0.5, 0.6) is 0 Å². The van der Waals surface area contributed by atoms with Gasteiger partial charge in [0, 0.05) is 20.6 Å². The van der Waals surface area contributed by atoms with Crippen molar-refractivity contribution in [1.82, 2.24) is 9.97 Å². The minimum atomic E-state index is 1.05. The molecule has 0 aliphatic rings. The Hall–Kier alpha value is -1.34. The Kier molecular flexibility index (Phi) is 5.64. The monoisotopic (exact) mass is 412 g/mol. The van der Waals surface area contributed by atoms with Crippen LogP contribution >= 0.6 is 45.1 Å². The van der Waals surface area contributed by atoms with Crippen molar-refractivity contribution in [3.05, 3.63) is 60.7 Å². The maximum Gasteiger partial charge on any atom is 0.0965 e. The van der Waals surface area contributed by atoms with Gasteiger partial charge in [0.2, 0.25) is 0 Å². The van der Waals surface area contributed by atoms with E-state index in [1.54, 1.807) is 45.1 Å². The molecule has 0 bridgehead atoms. The number of hydrogen-bond donors (Lipinski definition) is 0. The number of para-hydroxylation sites is 2. The summed E-state index contributed by atoms with van der Waals surface area (Å²) in [6.45, 7) is 0. The van der Waals surface area contributed by atoms with Crippen LogP contribution in [0.3, 0.4) is 0 Å². The van der Waals surface area contributed by atoms with Gasteiger partial charge >= 0.3 is 0 Å². The van der Waals surface area contributed by atoms with E-state index in [4.69, 9.17) is 9.97 Å². The number of benzene rings is 2. The van der Waals surface area contributed by atoms with E-state index in [1.165, 1.54) is 20.6 Å². The third-order valence-electron chi connectivity index (χ3n) is 3.95. The van der Waals surface area contributed by atoms with Crippen LogP contribution in [0.25, 0.3) is 21.8 Å². The second-order valence-electron chi connectivity index (χ2n) is 5.53. The summed E-state index contributed by atoms with van der Waals surface area (Å²) >= 11 is 3.35. The van der Waals surface area contributed by atoms with Gasteiger partial charge in [-0.05, 0) is 36.8 Å². The Labute approximate surface area is 169 Å². The van der Waals surface area contributed by atoms with Crippen LogP contribution in [-0.2, 0) is 0 Å². The summed E-state index contributed by atoms with van der Waals surface area (Å²) in [5.41, 5.74) is 2.13. The molecule has 0 saturated carbocycles. The third kappa shape index (κ3) is 3.69. The molecule has 2 heterocycles. The molecule has 130 valence electrons. The first-order valence-electron chi connectivity index (χ1n) is 8.00. The van der Waals surface area contributed by atoms with Gasteiger partial charge in [0.25, 0.3) is 0 Å². The van der Waals surface area contributed by atoms with Crippen LogP contribution < -0.4 is 0 Å². The second kappa shape index (κ2) is 8.13. The van der Waals surface area contributed by atoms with Crippen molar-refractivity contribution >= 4 is 66.9 Å². The maximum atomic E-state index is 4.81. The third-order valence-corrected chi connectivity index (χ3v) is 7.67. The van der Waals surface area contributed by atoms with E-state index in [9.17, 15) is 0 Å². The van der Waals surface area contributed by atoms with Crippen molar-refractivity contribution in [2.24, 2.45) is 0 Å². The summed E-state index contributed by atoms with van der Waals surface area (Å²) in [5, 5.41) is 4.45. The molecule has 0 spiro atoms. The number of fused-ring (bicyclic) bond motifs is 2. The summed E-state index contributed by atoms with van der Waals surface area (Å²) in [4.78, 5) is 12.0. The lowest BCUT2D eigenvalue weighted by molar-refractivity contribution is 1.17. The van der Waals surface area contributed by atoms with E-state index >= 15 is 0 Å². The zero-order valence-electron chi connectivity index (χ0n) is 14.3. The number of pyridine rings is 2. The molecular weight excluding hydrogens is 397 g/mol. The number of thioether (sulfide) groups is 2. The molecule has 0 aliphatic carbocycles. The average Bonchev–Trinajstić information content (AvgIpc) is 2.71. The highest BCUT2D eigenvalue weighted by Crippen LogP contribution is 2.42. The highest BCUT2D eigenvalue weighted by atomic mass is 33.1. The molecule has 4 rings (SSSR count). The lowest BCUT2D eigenvalue weighted by Crippen LogP contribution is -1.85. The fraction of sp³-hybridized carbons (Fsp3) is 0.100. The first-order valence-corrected chi connectivity index (χ1v) is 12.6. The van der Waals surface area contributed by atoms with Gasteiger partial charge in [-0.15, -0.1) is 23.5 Å². The fourth-order valence-electron chi connectivity index (χ4n) is 2.66. The van der Waals surface area contributed by atoms with E-state index in [2.05, 4.69) is 73.2 Å². The summed E-state index contributed by atoms with van der Waals surface area (Å²) < 4.78 is 0. The van der Waals surface area contributed by atoms with Gasteiger partial charge in [0.05, 0.1) is 21.1 Å². The summed E-state index contributed by atoms with van der Waals surface area (Å²) in [6.07, 6.45) is 4.12. The van der Waals surface area contributed by atoms with Crippen molar-refractivity contribution in [3.8, 4) is 0 Å². The predicted molar refractivity (Wildman–Crippen MR) is 119 cm³/mol. The predicted octanol–water partition coefficient (Wildman–Crippen LogP) is 7.03.